The molecular formula is C17H14F3N5O2. The molecule has 27 heavy (non-hydrogen) atoms. The van der Waals surface area contributed by atoms with Crippen molar-refractivity contribution in [3.63, 3.8) is 0 Å². The Balaban J connectivity index is 2.04. The molecule has 0 saturated heterocycles. The maximum Gasteiger partial charge on any atom is 0.288 e. The van der Waals surface area contributed by atoms with Crippen LogP contribution >= 0.6 is 0 Å². The normalized spacial score (nSPS) is 12.4. The van der Waals surface area contributed by atoms with E-state index in [1.807, 2.05) is 0 Å². The van der Waals surface area contributed by atoms with Crippen molar-refractivity contribution in [1.82, 2.24) is 15.0 Å². The average molecular weight is 377 g/mol. The molecule has 10 heteroatoms. The monoisotopic (exact) mass is 377 g/mol. The lowest BCUT2D eigenvalue weighted by atomic mass is 10.0. The number of nitrogens with zero attached hydrogens (tertiary/aromatic N) is 4. The molecule has 0 radical (unpaired) electrons. The van der Waals surface area contributed by atoms with Gasteiger partial charge in [-0.3, -0.25) is 10.1 Å². The number of halogens is 3. The highest BCUT2D eigenvalue weighted by Gasteiger charge is 2.21. The van der Waals surface area contributed by atoms with Crippen molar-refractivity contribution in [3.05, 3.63) is 63.3 Å². The predicted octanol–water partition coefficient (Wildman–Crippen LogP) is 4.49. The summed E-state index contributed by atoms with van der Waals surface area (Å²) in [6.45, 7) is 3.18. The molecule has 1 aromatic carbocycles. The largest absolute Gasteiger partial charge is 0.363 e. The topological polar surface area (TPSA) is 93.8 Å². The predicted molar refractivity (Wildman–Crippen MR) is 92.1 cm³/mol. The minimum absolute atomic E-state index is 0.0237. The SMILES string of the molecule is Cc1nc(N[C@H](C)c2cccc(C(F)F)c2F)c2cc([N+](=O)[O-])cnc2n1. The molecule has 0 spiro atoms. The molecule has 1 N–H and O–H groups in total. The summed E-state index contributed by atoms with van der Waals surface area (Å²) in [4.78, 5) is 22.7. The molecular weight excluding hydrogens is 363 g/mol. The third-order valence-electron chi connectivity index (χ3n) is 3.97. The molecule has 0 aliphatic heterocycles. The summed E-state index contributed by atoms with van der Waals surface area (Å²) in [6, 6.07) is 4.26. The maximum atomic E-state index is 14.4. The Morgan fingerprint density at radius 2 is 1.93 bits per heavy atom. The molecule has 0 fully saturated rings. The minimum atomic E-state index is -2.94. The van der Waals surface area contributed by atoms with E-state index >= 15 is 0 Å². The van der Waals surface area contributed by atoms with Crippen LogP contribution in [0.3, 0.4) is 0 Å². The van der Waals surface area contributed by atoms with Crippen LogP contribution in [0, 0.1) is 22.9 Å². The Kier molecular flexibility index (Phi) is 4.89. The van der Waals surface area contributed by atoms with Crippen molar-refractivity contribution >= 4 is 22.5 Å². The molecule has 2 heterocycles. The molecule has 0 saturated carbocycles. The van der Waals surface area contributed by atoms with Gasteiger partial charge in [0.15, 0.2) is 5.65 Å². The minimum Gasteiger partial charge on any atom is -0.363 e. The number of nitro groups is 1. The second-order valence-corrected chi connectivity index (χ2v) is 5.86. The molecule has 7 nitrogen and oxygen atoms in total. The van der Waals surface area contributed by atoms with E-state index < -0.39 is 28.8 Å². The number of aryl methyl sites for hydroxylation is 1. The van der Waals surface area contributed by atoms with Crippen LogP contribution in [0.2, 0.25) is 0 Å². The van der Waals surface area contributed by atoms with Crippen molar-refractivity contribution in [2.45, 2.75) is 26.3 Å². The van der Waals surface area contributed by atoms with E-state index in [0.29, 0.717) is 5.82 Å². The van der Waals surface area contributed by atoms with E-state index in [9.17, 15) is 23.3 Å². The highest BCUT2D eigenvalue weighted by Crippen LogP contribution is 2.30. The van der Waals surface area contributed by atoms with Crippen LogP contribution in [0.5, 0.6) is 0 Å². The van der Waals surface area contributed by atoms with Crippen LogP contribution in [0.4, 0.5) is 24.7 Å². The van der Waals surface area contributed by atoms with E-state index in [1.165, 1.54) is 18.2 Å². The number of pyridine rings is 1. The van der Waals surface area contributed by atoms with E-state index in [0.717, 1.165) is 12.3 Å². The fourth-order valence-electron chi connectivity index (χ4n) is 2.67. The van der Waals surface area contributed by atoms with Gasteiger partial charge in [-0.15, -0.1) is 0 Å². The maximum absolute atomic E-state index is 14.4. The molecule has 0 aliphatic rings. The number of nitrogens with one attached hydrogen (secondary N) is 1. The zero-order chi connectivity index (χ0) is 19.7. The quantitative estimate of drug-likeness (QED) is 0.520. The number of anilines is 1. The Hall–Kier alpha value is -3.30. The van der Waals surface area contributed by atoms with Crippen LogP contribution < -0.4 is 5.32 Å². The third kappa shape index (κ3) is 3.64. The third-order valence-corrected chi connectivity index (χ3v) is 3.97. The van der Waals surface area contributed by atoms with Gasteiger partial charge in [0.25, 0.3) is 12.1 Å². The van der Waals surface area contributed by atoms with Gasteiger partial charge in [0, 0.05) is 11.6 Å². The number of hydrogen-bond donors (Lipinski definition) is 1. The number of fused-ring (bicyclic) bond motifs is 1. The Bertz CT molecular complexity index is 1030. The lowest BCUT2D eigenvalue weighted by Gasteiger charge is -2.18. The molecule has 2 aromatic heterocycles. The fraction of sp³-hybridized carbons (Fsp3) is 0.235. The summed E-state index contributed by atoms with van der Waals surface area (Å²) in [6.07, 6.45) is -1.86. The van der Waals surface area contributed by atoms with Crippen molar-refractivity contribution in [2.75, 3.05) is 5.32 Å². The van der Waals surface area contributed by atoms with Gasteiger partial charge >= 0.3 is 0 Å². The van der Waals surface area contributed by atoms with Crippen LogP contribution in [-0.2, 0) is 0 Å². The summed E-state index contributed by atoms with van der Waals surface area (Å²) in [5, 5.41) is 14.2. The van der Waals surface area contributed by atoms with Crippen molar-refractivity contribution in [3.8, 4) is 0 Å². The van der Waals surface area contributed by atoms with Gasteiger partial charge in [0.2, 0.25) is 0 Å². The first-order chi connectivity index (χ1) is 12.8. The second-order valence-electron chi connectivity index (χ2n) is 5.86. The molecule has 3 rings (SSSR count). The Morgan fingerprint density at radius 3 is 2.59 bits per heavy atom. The first-order valence-electron chi connectivity index (χ1n) is 7.89. The number of alkyl halides is 2. The van der Waals surface area contributed by atoms with Crippen LogP contribution in [0.25, 0.3) is 11.0 Å². The van der Waals surface area contributed by atoms with E-state index in [4.69, 9.17) is 0 Å². The smallest absolute Gasteiger partial charge is 0.288 e. The summed E-state index contributed by atoms with van der Waals surface area (Å²) in [7, 11) is 0. The van der Waals surface area contributed by atoms with E-state index in [1.54, 1.807) is 13.8 Å². The van der Waals surface area contributed by atoms with Gasteiger partial charge in [0.1, 0.15) is 23.7 Å². The van der Waals surface area contributed by atoms with E-state index in [2.05, 4.69) is 20.3 Å². The number of rotatable bonds is 5. The van der Waals surface area contributed by atoms with Gasteiger partial charge in [0.05, 0.1) is 21.9 Å². The van der Waals surface area contributed by atoms with Gasteiger partial charge in [-0.1, -0.05) is 18.2 Å². The van der Waals surface area contributed by atoms with E-state index in [-0.39, 0.29) is 28.1 Å². The standard InChI is InChI=1S/C17H14F3N5O2/c1-8(11-4-3-5-12(14(11)18)15(19)20)22-17-13-6-10(25(26)27)7-21-16(13)23-9(2)24-17/h3-8,15H,1-2H3,(H,21,22,23,24)/t8-/m1/s1. The molecule has 0 amide bonds. The van der Waals surface area contributed by atoms with Crippen LogP contribution in [0.1, 0.15) is 36.3 Å². The van der Waals surface area contributed by atoms with Crippen molar-refractivity contribution in [1.29, 1.82) is 0 Å². The molecule has 140 valence electrons. The average Bonchev–Trinajstić information content (AvgIpc) is 2.60. The van der Waals surface area contributed by atoms with Crippen molar-refractivity contribution < 1.29 is 18.1 Å². The molecule has 3 aromatic rings. The van der Waals surface area contributed by atoms with Crippen LogP contribution in [0.15, 0.2) is 30.5 Å². The molecule has 0 bridgehead atoms. The fourth-order valence-corrected chi connectivity index (χ4v) is 2.67. The molecule has 0 unspecified atom stereocenters. The van der Waals surface area contributed by atoms with Gasteiger partial charge in [-0.05, 0) is 13.8 Å². The van der Waals surface area contributed by atoms with Crippen LogP contribution in [-0.4, -0.2) is 19.9 Å². The summed E-state index contributed by atoms with van der Waals surface area (Å²) in [5.74, 6) is -0.463. The zero-order valence-electron chi connectivity index (χ0n) is 14.3. The highest BCUT2D eigenvalue weighted by molar-refractivity contribution is 5.88. The second kappa shape index (κ2) is 7.14. The lowest BCUT2D eigenvalue weighted by Crippen LogP contribution is -2.12. The first-order valence-corrected chi connectivity index (χ1v) is 7.89. The Labute approximate surface area is 151 Å². The lowest BCUT2D eigenvalue weighted by molar-refractivity contribution is -0.385. The Morgan fingerprint density at radius 1 is 1.22 bits per heavy atom. The molecule has 0 aliphatic carbocycles. The number of aromatic nitrogens is 3. The van der Waals surface area contributed by atoms with Gasteiger partial charge in [-0.25, -0.2) is 28.1 Å². The zero-order valence-corrected chi connectivity index (χ0v) is 14.3. The van der Waals surface area contributed by atoms with Gasteiger partial charge in [-0.2, -0.15) is 0 Å². The number of benzene rings is 1. The van der Waals surface area contributed by atoms with Gasteiger partial charge < -0.3 is 5.32 Å². The summed E-state index contributed by atoms with van der Waals surface area (Å²) >= 11 is 0. The summed E-state index contributed by atoms with van der Waals surface area (Å²) in [5.41, 5.74) is -0.695. The summed E-state index contributed by atoms with van der Waals surface area (Å²) < 4.78 is 40.2. The molecule has 1 atom stereocenters. The number of hydrogen-bond acceptors (Lipinski definition) is 6. The van der Waals surface area contributed by atoms with Crippen molar-refractivity contribution in [2.24, 2.45) is 0 Å². The first kappa shape index (κ1) is 18.5. The highest BCUT2D eigenvalue weighted by atomic mass is 19.3.